The van der Waals surface area contributed by atoms with Crippen molar-refractivity contribution in [1.29, 1.82) is 0 Å². The number of hydrogen-bond acceptors (Lipinski definition) is 1. The van der Waals surface area contributed by atoms with Crippen LogP contribution in [0.4, 0.5) is 5.69 Å². The van der Waals surface area contributed by atoms with Gasteiger partial charge in [0.05, 0.1) is 0 Å². The van der Waals surface area contributed by atoms with E-state index in [9.17, 15) is 0 Å². The molecule has 0 atom stereocenters. The quantitative estimate of drug-likeness (QED) is 0.731. The molecule has 0 fully saturated rings. The molecule has 0 unspecified atom stereocenters. The van der Waals surface area contributed by atoms with Crippen molar-refractivity contribution in [3.8, 4) is 0 Å². The first-order chi connectivity index (χ1) is 6.29. The van der Waals surface area contributed by atoms with Crippen LogP contribution in [0, 0.1) is 6.92 Å². The molecule has 0 radical (unpaired) electrons. The molecule has 0 saturated heterocycles. The number of anilines is 1. The van der Waals surface area contributed by atoms with E-state index < -0.39 is 0 Å². The summed E-state index contributed by atoms with van der Waals surface area (Å²) >= 11 is 0. The summed E-state index contributed by atoms with van der Waals surface area (Å²) in [4.78, 5) is 0. The first-order valence-corrected chi connectivity index (χ1v) is 5.05. The van der Waals surface area contributed by atoms with Gasteiger partial charge in [-0.1, -0.05) is 32.9 Å². The van der Waals surface area contributed by atoms with Crippen molar-refractivity contribution in [2.24, 2.45) is 0 Å². The van der Waals surface area contributed by atoms with Crippen molar-refractivity contribution in [2.75, 3.05) is 12.4 Å². The molecular weight excluding hydrogens is 158 g/mol. The average Bonchev–Trinajstić information content (AvgIpc) is 2.20. The predicted molar refractivity (Wildman–Crippen MR) is 61.5 cm³/mol. The molecule has 1 rings (SSSR count). The van der Waals surface area contributed by atoms with E-state index in [0.29, 0.717) is 0 Å². The van der Waals surface area contributed by atoms with Gasteiger partial charge < -0.3 is 5.32 Å². The van der Waals surface area contributed by atoms with Gasteiger partial charge in [0.1, 0.15) is 0 Å². The maximum Gasteiger partial charge on any atom is 0.0372 e. The molecule has 0 spiro atoms. The van der Waals surface area contributed by atoms with E-state index >= 15 is 0 Å². The Bertz CT molecular complexity index is 241. The lowest BCUT2D eigenvalue weighted by atomic mass is 10.0. The van der Waals surface area contributed by atoms with Gasteiger partial charge in [-0.15, -0.1) is 0 Å². The van der Waals surface area contributed by atoms with Gasteiger partial charge in [0.25, 0.3) is 0 Å². The Hall–Kier alpha value is -0.980. The van der Waals surface area contributed by atoms with E-state index in [2.05, 4.69) is 37.4 Å². The molecule has 1 N–H and O–H groups in total. The Kier molecular flexibility index (Phi) is 6.03. The summed E-state index contributed by atoms with van der Waals surface area (Å²) in [5.74, 6) is 0. The third kappa shape index (κ3) is 3.10. The van der Waals surface area contributed by atoms with Crippen LogP contribution in [0.25, 0.3) is 0 Å². The van der Waals surface area contributed by atoms with Crippen molar-refractivity contribution >= 4 is 5.69 Å². The molecule has 0 heterocycles. The van der Waals surface area contributed by atoms with Crippen LogP contribution in [-0.2, 0) is 6.42 Å². The Morgan fingerprint density at radius 2 is 1.85 bits per heavy atom. The lowest BCUT2D eigenvalue weighted by Crippen LogP contribution is -1.95. The monoisotopic (exact) mass is 179 g/mol. The van der Waals surface area contributed by atoms with Crippen LogP contribution < -0.4 is 5.32 Å². The topological polar surface area (TPSA) is 12.0 Å². The number of nitrogens with one attached hydrogen (secondary N) is 1. The molecule has 1 aromatic carbocycles. The molecule has 0 aliphatic rings. The molecule has 0 amide bonds. The molecular formula is C12H21N. The van der Waals surface area contributed by atoms with E-state index in [0.717, 1.165) is 6.42 Å². The van der Waals surface area contributed by atoms with Gasteiger partial charge in [0.15, 0.2) is 0 Å². The summed E-state index contributed by atoms with van der Waals surface area (Å²) in [6, 6.07) is 6.35. The van der Waals surface area contributed by atoms with Gasteiger partial charge in [0, 0.05) is 12.7 Å². The van der Waals surface area contributed by atoms with Crippen LogP contribution in [0.15, 0.2) is 18.2 Å². The van der Waals surface area contributed by atoms with Gasteiger partial charge in [-0.05, 0) is 30.5 Å². The maximum absolute atomic E-state index is 3.19. The normalized spacial score (nSPS) is 8.69. The fraction of sp³-hybridized carbons (Fsp3) is 0.500. The van der Waals surface area contributed by atoms with Crippen LogP contribution in [0.1, 0.15) is 31.9 Å². The van der Waals surface area contributed by atoms with Crippen LogP contribution in [-0.4, -0.2) is 7.05 Å². The highest BCUT2D eigenvalue weighted by Gasteiger charge is 1.99. The van der Waals surface area contributed by atoms with Gasteiger partial charge in [-0.3, -0.25) is 0 Å². The third-order valence-electron chi connectivity index (χ3n) is 2.03. The van der Waals surface area contributed by atoms with Gasteiger partial charge in [0.2, 0.25) is 0 Å². The Balaban J connectivity index is 0.000000671. The van der Waals surface area contributed by atoms with Crippen molar-refractivity contribution in [3.63, 3.8) is 0 Å². The highest BCUT2D eigenvalue weighted by atomic mass is 14.8. The number of rotatable bonds is 2. The minimum Gasteiger partial charge on any atom is -0.388 e. The van der Waals surface area contributed by atoms with Crippen LogP contribution >= 0.6 is 0 Å². The molecule has 0 bridgehead atoms. The summed E-state index contributed by atoms with van der Waals surface area (Å²) in [5, 5.41) is 3.19. The first-order valence-electron chi connectivity index (χ1n) is 5.05. The van der Waals surface area contributed by atoms with E-state index in [4.69, 9.17) is 0 Å². The second kappa shape index (κ2) is 6.53. The summed E-state index contributed by atoms with van der Waals surface area (Å²) in [6.45, 7) is 8.34. The lowest BCUT2D eigenvalue weighted by molar-refractivity contribution is 1.11. The minimum atomic E-state index is 1.10. The zero-order valence-electron chi connectivity index (χ0n) is 9.44. The molecule has 0 aliphatic heterocycles. The number of aryl methyl sites for hydroxylation is 1. The fourth-order valence-corrected chi connectivity index (χ4v) is 1.41. The molecule has 1 nitrogen and oxygen atoms in total. The minimum absolute atomic E-state index is 1.10. The van der Waals surface area contributed by atoms with E-state index in [-0.39, 0.29) is 0 Å². The molecule has 0 aromatic heterocycles. The van der Waals surface area contributed by atoms with E-state index in [1.165, 1.54) is 16.8 Å². The number of benzene rings is 1. The highest BCUT2D eigenvalue weighted by Crippen LogP contribution is 2.18. The zero-order valence-corrected chi connectivity index (χ0v) is 9.44. The highest BCUT2D eigenvalue weighted by molar-refractivity contribution is 5.53. The number of hydrogen-bond donors (Lipinski definition) is 1. The van der Waals surface area contributed by atoms with Crippen LogP contribution in [0.3, 0.4) is 0 Å². The molecule has 13 heavy (non-hydrogen) atoms. The molecule has 1 aromatic rings. The smallest absolute Gasteiger partial charge is 0.0372 e. The average molecular weight is 179 g/mol. The second-order valence-corrected chi connectivity index (χ2v) is 2.70. The Morgan fingerprint density at radius 1 is 1.23 bits per heavy atom. The van der Waals surface area contributed by atoms with Gasteiger partial charge in [-0.25, -0.2) is 0 Å². The van der Waals surface area contributed by atoms with Crippen molar-refractivity contribution in [1.82, 2.24) is 0 Å². The Morgan fingerprint density at radius 3 is 2.23 bits per heavy atom. The summed E-state index contributed by atoms with van der Waals surface area (Å²) in [5.41, 5.74) is 4.06. The van der Waals surface area contributed by atoms with E-state index in [1.54, 1.807) is 0 Å². The standard InChI is InChI=1S/C10H15N.C2H6/c1-4-9-8(2)6-5-7-10(9)11-3;1-2/h5-7,11H,4H2,1-3H3;1-2H3. The lowest BCUT2D eigenvalue weighted by Gasteiger charge is -2.09. The third-order valence-corrected chi connectivity index (χ3v) is 2.03. The van der Waals surface area contributed by atoms with Crippen molar-refractivity contribution in [2.45, 2.75) is 34.1 Å². The summed E-state index contributed by atoms with van der Waals surface area (Å²) < 4.78 is 0. The van der Waals surface area contributed by atoms with Gasteiger partial charge in [-0.2, -0.15) is 0 Å². The maximum atomic E-state index is 3.19. The van der Waals surface area contributed by atoms with E-state index in [1.807, 2.05) is 20.9 Å². The largest absolute Gasteiger partial charge is 0.388 e. The second-order valence-electron chi connectivity index (χ2n) is 2.70. The molecule has 0 aliphatic carbocycles. The Labute approximate surface area is 82.2 Å². The molecule has 0 saturated carbocycles. The van der Waals surface area contributed by atoms with Crippen molar-refractivity contribution < 1.29 is 0 Å². The predicted octanol–water partition coefficient (Wildman–Crippen LogP) is 3.63. The van der Waals surface area contributed by atoms with Crippen LogP contribution in [0.2, 0.25) is 0 Å². The molecule has 74 valence electrons. The van der Waals surface area contributed by atoms with Crippen LogP contribution in [0.5, 0.6) is 0 Å². The fourth-order valence-electron chi connectivity index (χ4n) is 1.41. The zero-order chi connectivity index (χ0) is 10.3. The summed E-state index contributed by atoms with van der Waals surface area (Å²) in [7, 11) is 1.97. The van der Waals surface area contributed by atoms with Gasteiger partial charge >= 0.3 is 0 Å². The molecule has 1 heteroatoms. The van der Waals surface area contributed by atoms with Crippen molar-refractivity contribution in [3.05, 3.63) is 29.3 Å². The first kappa shape index (κ1) is 12.0. The SMILES string of the molecule is CC.CCc1c(C)cccc1NC. The summed E-state index contributed by atoms with van der Waals surface area (Å²) in [6.07, 6.45) is 1.10.